The van der Waals surface area contributed by atoms with Gasteiger partial charge in [0.05, 0.1) is 28.1 Å². The lowest BCUT2D eigenvalue weighted by Crippen LogP contribution is -2.12. The minimum Gasteiger partial charge on any atom is -0.354 e. The third-order valence-electron chi connectivity index (χ3n) is 5.47. The van der Waals surface area contributed by atoms with E-state index in [1.165, 1.54) is 0 Å². The minimum atomic E-state index is -0.451. The molecule has 0 bridgehead atoms. The predicted octanol–water partition coefficient (Wildman–Crippen LogP) is 5.78. The van der Waals surface area contributed by atoms with E-state index in [9.17, 15) is 4.79 Å². The number of aromatic amines is 3. The zero-order valence-corrected chi connectivity index (χ0v) is 17.4. The third kappa shape index (κ3) is 3.09. The molecular weight excluding hydrogens is 422 g/mol. The van der Waals surface area contributed by atoms with Crippen LogP contribution in [0.5, 0.6) is 0 Å². The van der Waals surface area contributed by atoms with Gasteiger partial charge in [-0.25, -0.2) is 9.78 Å². The van der Waals surface area contributed by atoms with Crippen LogP contribution in [0.3, 0.4) is 0 Å². The fourth-order valence-electron chi connectivity index (χ4n) is 4.05. The average molecular weight is 438 g/mol. The average Bonchev–Trinajstić information content (AvgIpc) is 3.41. The van der Waals surface area contributed by atoms with Crippen LogP contribution < -0.4 is 5.69 Å². The van der Waals surface area contributed by atoms with Crippen molar-refractivity contribution in [1.29, 1.82) is 0 Å². The van der Waals surface area contributed by atoms with Crippen molar-refractivity contribution in [3.8, 4) is 34.0 Å². The summed E-state index contributed by atoms with van der Waals surface area (Å²) in [5, 5.41) is 1.50. The van der Waals surface area contributed by atoms with Crippen LogP contribution in [0.1, 0.15) is 0 Å². The molecule has 3 N–H and O–H groups in total. The Balaban J connectivity index is 1.62. The first-order valence-corrected chi connectivity index (χ1v) is 10.5. The maximum atomic E-state index is 12.6. The summed E-state index contributed by atoms with van der Waals surface area (Å²) >= 11 is 6.32. The molecule has 0 saturated heterocycles. The van der Waals surface area contributed by atoms with E-state index >= 15 is 0 Å². The highest BCUT2D eigenvalue weighted by atomic mass is 35.5. The van der Waals surface area contributed by atoms with Crippen molar-refractivity contribution in [2.45, 2.75) is 0 Å². The molecule has 6 rings (SSSR count). The molecule has 7 heteroatoms. The number of rotatable bonds is 3. The Morgan fingerprint density at radius 3 is 2.41 bits per heavy atom. The standard InChI is InChI=1S/C25H16ClN5O/c26-15-10-11-17-16(12-15)22(23(27-17)14-6-2-1-3-7-14)20-13-21(31-25(32)30-20)24-28-18-8-4-5-9-19(18)29-24/h1-13,27H,(H,28,29)(H,30,31,32). The van der Waals surface area contributed by atoms with Gasteiger partial charge in [0.15, 0.2) is 5.82 Å². The number of hydrogen-bond acceptors (Lipinski definition) is 3. The first-order valence-electron chi connectivity index (χ1n) is 10.1. The monoisotopic (exact) mass is 437 g/mol. The van der Waals surface area contributed by atoms with Crippen molar-refractivity contribution < 1.29 is 0 Å². The van der Waals surface area contributed by atoms with Crippen molar-refractivity contribution >= 4 is 33.5 Å². The van der Waals surface area contributed by atoms with Gasteiger partial charge < -0.3 is 15.0 Å². The normalized spacial score (nSPS) is 11.4. The van der Waals surface area contributed by atoms with Crippen molar-refractivity contribution in [1.82, 2.24) is 24.9 Å². The van der Waals surface area contributed by atoms with Crippen LogP contribution in [0.25, 0.3) is 56.0 Å². The molecule has 154 valence electrons. The van der Waals surface area contributed by atoms with Gasteiger partial charge in [0, 0.05) is 21.5 Å². The molecule has 0 fully saturated rings. The fourth-order valence-corrected chi connectivity index (χ4v) is 4.22. The van der Waals surface area contributed by atoms with Crippen LogP contribution >= 0.6 is 11.6 Å². The number of benzene rings is 3. The quantitative estimate of drug-likeness (QED) is 0.327. The van der Waals surface area contributed by atoms with E-state index in [1.54, 1.807) is 0 Å². The molecule has 0 aliphatic rings. The van der Waals surface area contributed by atoms with E-state index in [1.807, 2.05) is 78.9 Å². The van der Waals surface area contributed by atoms with Gasteiger partial charge in [-0.1, -0.05) is 54.1 Å². The highest BCUT2D eigenvalue weighted by molar-refractivity contribution is 6.31. The summed E-state index contributed by atoms with van der Waals surface area (Å²) in [5.74, 6) is 0.575. The van der Waals surface area contributed by atoms with Crippen molar-refractivity contribution in [3.63, 3.8) is 0 Å². The zero-order valence-electron chi connectivity index (χ0n) is 16.7. The Morgan fingerprint density at radius 1 is 0.750 bits per heavy atom. The number of imidazole rings is 1. The molecule has 0 aliphatic heterocycles. The number of hydrogen-bond donors (Lipinski definition) is 3. The van der Waals surface area contributed by atoms with Crippen LogP contribution in [0.2, 0.25) is 5.02 Å². The third-order valence-corrected chi connectivity index (χ3v) is 5.70. The van der Waals surface area contributed by atoms with Crippen LogP contribution in [-0.4, -0.2) is 24.9 Å². The summed E-state index contributed by atoms with van der Waals surface area (Å²) in [5.41, 5.74) is 5.96. The van der Waals surface area contributed by atoms with Crippen molar-refractivity contribution in [2.75, 3.05) is 0 Å². The molecule has 0 unspecified atom stereocenters. The van der Waals surface area contributed by atoms with Crippen LogP contribution in [0.4, 0.5) is 0 Å². The molecule has 3 heterocycles. The van der Waals surface area contributed by atoms with E-state index in [-0.39, 0.29) is 0 Å². The number of para-hydroxylation sites is 2. The summed E-state index contributed by atoms with van der Waals surface area (Å²) in [6.07, 6.45) is 0. The predicted molar refractivity (Wildman–Crippen MR) is 128 cm³/mol. The second-order valence-corrected chi connectivity index (χ2v) is 7.96. The van der Waals surface area contributed by atoms with Gasteiger partial charge in [-0.15, -0.1) is 0 Å². The number of halogens is 1. The lowest BCUT2D eigenvalue weighted by atomic mass is 10.0. The number of H-pyrrole nitrogens is 3. The minimum absolute atomic E-state index is 0.451. The lowest BCUT2D eigenvalue weighted by Gasteiger charge is -2.06. The first-order chi connectivity index (χ1) is 15.7. The van der Waals surface area contributed by atoms with E-state index < -0.39 is 5.69 Å². The van der Waals surface area contributed by atoms with Crippen LogP contribution in [0, 0.1) is 0 Å². The summed E-state index contributed by atoms with van der Waals surface area (Å²) < 4.78 is 0. The van der Waals surface area contributed by atoms with E-state index in [2.05, 4.69) is 24.9 Å². The highest BCUT2D eigenvalue weighted by Gasteiger charge is 2.19. The molecule has 32 heavy (non-hydrogen) atoms. The number of aromatic nitrogens is 5. The topological polar surface area (TPSA) is 90.2 Å². The van der Waals surface area contributed by atoms with Crippen molar-refractivity contribution in [3.05, 3.63) is 94.4 Å². The first kappa shape index (κ1) is 18.6. The smallest absolute Gasteiger partial charge is 0.346 e. The molecule has 3 aromatic heterocycles. The molecule has 3 aromatic carbocycles. The molecular formula is C25H16ClN5O. The SMILES string of the molecule is O=c1nc(-c2c(-c3ccccc3)[nH]c3ccc(Cl)cc23)cc(-c2nc3ccccc3[nH]2)[nH]1. The van der Waals surface area contributed by atoms with Gasteiger partial charge in [-0.3, -0.25) is 0 Å². The Morgan fingerprint density at radius 2 is 1.56 bits per heavy atom. The molecule has 0 spiro atoms. The molecule has 0 amide bonds. The van der Waals surface area contributed by atoms with Gasteiger partial charge >= 0.3 is 5.69 Å². The van der Waals surface area contributed by atoms with Gasteiger partial charge in [-0.2, -0.15) is 4.98 Å². The van der Waals surface area contributed by atoms with Crippen LogP contribution in [0.15, 0.2) is 83.7 Å². The van der Waals surface area contributed by atoms with E-state index in [0.29, 0.717) is 22.2 Å². The molecule has 0 aliphatic carbocycles. The Labute approximate surface area is 187 Å². The van der Waals surface area contributed by atoms with E-state index in [0.717, 1.165) is 38.8 Å². The van der Waals surface area contributed by atoms with Gasteiger partial charge in [-0.05, 0) is 42.0 Å². The molecule has 0 saturated carbocycles. The number of nitrogens with zero attached hydrogens (tertiary/aromatic N) is 2. The summed E-state index contributed by atoms with van der Waals surface area (Å²) in [4.78, 5) is 31.1. The number of fused-ring (bicyclic) bond motifs is 2. The Kier molecular flexibility index (Phi) is 4.19. The summed E-state index contributed by atoms with van der Waals surface area (Å²) in [7, 11) is 0. The van der Waals surface area contributed by atoms with Crippen LogP contribution in [-0.2, 0) is 0 Å². The molecule has 0 radical (unpaired) electrons. The maximum absolute atomic E-state index is 12.6. The number of nitrogens with one attached hydrogen (secondary N) is 3. The van der Waals surface area contributed by atoms with Gasteiger partial charge in [0.25, 0.3) is 0 Å². The molecule has 6 nitrogen and oxygen atoms in total. The molecule has 0 atom stereocenters. The lowest BCUT2D eigenvalue weighted by molar-refractivity contribution is 1.07. The summed E-state index contributed by atoms with van der Waals surface area (Å²) in [6, 6.07) is 25.2. The summed E-state index contributed by atoms with van der Waals surface area (Å²) in [6.45, 7) is 0. The Bertz CT molecular complexity index is 1630. The fraction of sp³-hybridized carbons (Fsp3) is 0. The van der Waals surface area contributed by atoms with Gasteiger partial charge in [0.1, 0.15) is 0 Å². The maximum Gasteiger partial charge on any atom is 0.346 e. The molecule has 6 aromatic rings. The highest BCUT2D eigenvalue weighted by Crippen LogP contribution is 2.38. The van der Waals surface area contributed by atoms with Gasteiger partial charge in [0.2, 0.25) is 0 Å². The largest absolute Gasteiger partial charge is 0.354 e. The van der Waals surface area contributed by atoms with Crippen molar-refractivity contribution in [2.24, 2.45) is 0 Å². The Hall–Kier alpha value is -4.16. The van der Waals surface area contributed by atoms with E-state index in [4.69, 9.17) is 11.6 Å². The second kappa shape index (κ2) is 7.21. The second-order valence-electron chi connectivity index (χ2n) is 7.52. The zero-order chi connectivity index (χ0) is 21.7.